The fraction of sp³-hybridized carbons (Fsp3) is 0.583. The third-order valence-corrected chi connectivity index (χ3v) is 3.92. The first-order valence-electron chi connectivity index (χ1n) is 5.74. The standard InChI is InChI=1S/C12H14BrF3N2/c1-18(7-8-4-10(13)5-8)11-6-9(2-3-17-11)12(14,15)16/h2-3,6,8,10H,4-5,7H2,1H3. The predicted octanol–water partition coefficient (Wildman–Crippen LogP) is 3.71. The third kappa shape index (κ3) is 3.16. The maximum atomic E-state index is 12.6. The molecule has 1 fully saturated rings. The first kappa shape index (κ1) is 13.6. The lowest BCUT2D eigenvalue weighted by molar-refractivity contribution is -0.137. The highest BCUT2D eigenvalue weighted by Crippen LogP contribution is 2.35. The molecule has 0 aromatic carbocycles. The van der Waals surface area contributed by atoms with Gasteiger partial charge in [0.15, 0.2) is 0 Å². The van der Waals surface area contributed by atoms with Crippen LogP contribution < -0.4 is 4.90 Å². The van der Waals surface area contributed by atoms with E-state index in [4.69, 9.17) is 0 Å². The molecule has 100 valence electrons. The van der Waals surface area contributed by atoms with E-state index < -0.39 is 11.7 Å². The van der Waals surface area contributed by atoms with Gasteiger partial charge in [-0.1, -0.05) is 15.9 Å². The van der Waals surface area contributed by atoms with Crippen molar-refractivity contribution in [3.8, 4) is 0 Å². The van der Waals surface area contributed by atoms with Crippen LogP contribution in [0.15, 0.2) is 18.3 Å². The Balaban J connectivity index is 2.03. The second-order valence-corrected chi connectivity index (χ2v) is 6.01. The second kappa shape index (κ2) is 5.07. The second-order valence-electron chi connectivity index (χ2n) is 4.72. The largest absolute Gasteiger partial charge is 0.416 e. The van der Waals surface area contributed by atoms with Crippen molar-refractivity contribution in [2.24, 2.45) is 5.92 Å². The quantitative estimate of drug-likeness (QED) is 0.789. The summed E-state index contributed by atoms with van der Waals surface area (Å²) in [6, 6.07) is 2.10. The van der Waals surface area contributed by atoms with E-state index in [-0.39, 0.29) is 0 Å². The van der Waals surface area contributed by atoms with E-state index in [1.54, 1.807) is 11.9 Å². The maximum Gasteiger partial charge on any atom is 0.416 e. The minimum Gasteiger partial charge on any atom is -0.359 e. The van der Waals surface area contributed by atoms with Gasteiger partial charge in [0.25, 0.3) is 0 Å². The highest BCUT2D eigenvalue weighted by atomic mass is 79.9. The molecule has 0 radical (unpaired) electrons. The zero-order valence-corrected chi connectivity index (χ0v) is 11.5. The SMILES string of the molecule is CN(CC1CC(Br)C1)c1cc(C(F)(F)F)ccn1. The molecule has 1 aromatic heterocycles. The van der Waals surface area contributed by atoms with Gasteiger partial charge in [-0.2, -0.15) is 13.2 Å². The van der Waals surface area contributed by atoms with Gasteiger partial charge in [0, 0.05) is 24.6 Å². The number of anilines is 1. The number of nitrogens with zero attached hydrogens (tertiary/aromatic N) is 2. The minimum absolute atomic E-state index is 0.378. The zero-order valence-electron chi connectivity index (χ0n) is 9.91. The molecule has 1 aliphatic rings. The molecule has 0 atom stereocenters. The maximum absolute atomic E-state index is 12.6. The summed E-state index contributed by atoms with van der Waals surface area (Å²) in [6.07, 6.45) is -0.953. The van der Waals surface area contributed by atoms with E-state index in [2.05, 4.69) is 20.9 Å². The van der Waals surface area contributed by atoms with E-state index in [1.807, 2.05) is 0 Å². The van der Waals surface area contributed by atoms with Crippen LogP contribution >= 0.6 is 15.9 Å². The Morgan fingerprint density at radius 3 is 2.67 bits per heavy atom. The zero-order chi connectivity index (χ0) is 13.3. The molecular formula is C12H14BrF3N2. The molecule has 0 unspecified atom stereocenters. The monoisotopic (exact) mass is 322 g/mol. The minimum atomic E-state index is -4.31. The average molecular weight is 323 g/mol. The number of alkyl halides is 4. The summed E-state index contributed by atoms with van der Waals surface area (Å²) in [6.45, 7) is 0.746. The van der Waals surface area contributed by atoms with Gasteiger partial charge in [0.1, 0.15) is 5.82 Å². The predicted molar refractivity (Wildman–Crippen MR) is 67.9 cm³/mol. The van der Waals surface area contributed by atoms with Crippen LogP contribution in [0, 0.1) is 5.92 Å². The van der Waals surface area contributed by atoms with Crippen LogP contribution in [0.1, 0.15) is 18.4 Å². The van der Waals surface area contributed by atoms with Gasteiger partial charge in [0.2, 0.25) is 0 Å². The Bertz CT molecular complexity index is 416. The molecule has 0 spiro atoms. The summed E-state index contributed by atoms with van der Waals surface area (Å²) in [5.41, 5.74) is -0.647. The molecule has 1 saturated carbocycles. The summed E-state index contributed by atoms with van der Waals surface area (Å²) >= 11 is 3.50. The molecule has 18 heavy (non-hydrogen) atoms. The average Bonchev–Trinajstić information content (AvgIpc) is 2.26. The van der Waals surface area contributed by atoms with Gasteiger partial charge < -0.3 is 4.90 Å². The van der Waals surface area contributed by atoms with Gasteiger partial charge in [-0.15, -0.1) is 0 Å². The number of rotatable bonds is 3. The summed E-state index contributed by atoms with van der Waals surface area (Å²) in [5.74, 6) is 0.915. The molecule has 6 heteroatoms. The molecule has 1 aromatic rings. The topological polar surface area (TPSA) is 16.1 Å². The number of halogens is 4. The summed E-state index contributed by atoms with van der Waals surface area (Å²) in [4.78, 5) is 6.35. The van der Waals surface area contributed by atoms with Gasteiger partial charge in [-0.05, 0) is 30.9 Å². The van der Waals surface area contributed by atoms with E-state index >= 15 is 0 Å². The van der Waals surface area contributed by atoms with Crippen LogP contribution in [0.25, 0.3) is 0 Å². The molecule has 2 rings (SSSR count). The molecule has 0 amide bonds. The van der Waals surface area contributed by atoms with Crippen LogP contribution in [0.3, 0.4) is 0 Å². The summed E-state index contributed by atoms with van der Waals surface area (Å²) < 4.78 is 37.7. The molecule has 0 aliphatic heterocycles. The molecule has 0 N–H and O–H groups in total. The highest BCUT2D eigenvalue weighted by molar-refractivity contribution is 9.09. The van der Waals surface area contributed by atoms with Crippen molar-refractivity contribution in [3.63, 3.8) is 0 Å². The lowest BCUT2D eigenvalue weighted by atomic mass is 9.85. The molecule has 1 aliphatic carbocycles. The van der Waals surface area contributed by atoms with Crippen molar-refractivity contribution >= 4 is 21.7 Å². The Morgan fingerprint density at radius 2 is 2.11 bits per heavy atom. The Hall–Kier alpha value is -0.780. The highest BCUT2D eigenvalue weighted by Gasteiger charge is 2.32. The van der Waals surface area contributed by atoms with Gasteiger partial charge in [-0.3, -0.25) is 0 Å². The fourth-order valence-electron chi connectivity index (χ4n) is 2.09. The van der Waals surface area contributed by atoms with E-state index in [0.717, 1.165) is 31.5 Å². The van der Waals surface area contributed by atoms with Crippen LogP contribution in [0.2, 0.25) is 0 Å². The lowest BCUT2D eigenvalue weighted by Gasteiger charge is -2.34. The van der Waals surface area contributed by atoms with Crippen molar-refractivity contribution in [1.82, 2.24) is 4.98 Å². The van der Waals surface area contributed by atoms with Crippen LogP contribution in [0.4, 0.5) is 19.0 Å². The van der Waals surface area contributed by atoms with E-state index in [0.29, 0.717) is 16.6 Å². The van der Waals surface area contributed by atoms with Gasteiger partial charge >= 0.3 is 6.18 Å². The van der Waals surface area contributed by atoms with Crippen molar-refractivity contribution in [1.29, 1.82) is 0 Å². The van der Waals surface area contributed by atoms with Crippen LogP contribution in [-0.2, 0) is 6.18 Å². The summed E-state index contributed by atoms with van der Waals surface area (Å²) in [7, 11) is 1.78. The molecule has 0 bridgehead atoms. The van der Waals surface area contributed by atoms with Crippen LogP contribution in [0.5, 0.6) is 0 Å². The van der Waals surface area contributed by atoms with E-state index in [9.17, 15) is 13.2 Å². The Kier molecular flexibility index (Phi) is 3.84. The first-order valence-corrected chi connectivity index (χ1v) is 6.66. The number of hydrogen-bond acceptors (Lipinski definition) is 2. The molecular weight excluding hydrogens is 309 g/mol. The number of pyridine rings is 1. The first-order chi connectivity index (χ1) is 8.36. The van der Waals surface area contributed by atoms with Gasteiger partial charge in [0.05, 0.1) is 5.56 Å². The van der Waals surface area contributed by atoms with Crippen molar-refractivity contribution in [3.05, 3.63) is 23.9 Å². The molecule has 1 heterocycles. The van der Waals surface area contributed by atoms with Crippen molar-refractivity contribution < 1.29 is 13.2 Å². The Morgan fingerprint density at radius 1 is 1.44 bits per heavy atom. The lowest BCUT2D eigenvalue weighted by Crippen LogP contribution is -2.35. The smallest absolute Gasteiger partial charge is 0.359 e. The van der Waals surface area contributed by atoms with Crippen LogP contribution in [-0.4, -0.2) is 23.4 Å². The third-order valence-electron chi connectivity index (χ3n) is 3.17. The van der Waals surface area contributed by atoms with Gasteiger partial charge in [-0.25, -0.2) is 4.98 Å². The fourth-order valence-corrected chi connectivity index (χ4v) is 3.15. The van der Waals surface area contributed by atoms with E-state index in [1.165, 1.54) is 6.20 Å². The Labute approximate surface area is 112 Å². The number of hydrogen-bond donors (Lipinski definition) is 0. The number of aromatic nitrogens is 1. The normalized spacial score (nSPS) is 23.6. The summed E-state index contributed by atoms with van der Waals surface area (Å²) in [5, 5.41) is 0. The van der Waals surface area contributed by atoms with Crippen molar-refractivity contribution in [2.45, 2.75) is 23.8 Å². The molecule has 0 saturated heterocycles. The van der Waals surface area contributed by atoms with Crippen molar-refractivity contribution in [2.75, 3.05) is 18.5 Å². The molecule has 2 nitrogen and oxygen atoms in total.